The lowest BCUT2D eigenvalue weighted by atomic mass is 9.80. The summed E-state index contributed by atoms with van der Waals surface area (Å²) >= 11 is 0. The second-order valence-corrected chi connectivity index (χ2v) is 5.93. The molecular weight excluding hydrogens is 269 g/mol. The van der Waals surface area contributed by atoms with Crippen molar-refractivity contribution in [3.63, 3.8) is 0 Å². The largest absolute Gasteiger partial charge is 0.391 e. The van der Waals surface area contributed by atoms with Crippen LogP contribution in [0.3, 0.4) is 0 Å². The van der Waals surface area contributed by atoms with E-state index < -0.39 is 12.1 Å². The fourth-order valence-corrected chi connectivity index (χ4v) is 3.11. The monoisotopic (exact) mass is 292 g/mol. The van der Waals surface area contributed by atoms with Gasteiger partial charge in [-0.15, -0.1) is 0 Å². The fraction of sp³-hybridized carbons (Fsp3) is 0.929. The molecule has 0 unspecified atom stereocenters. The van der Waals surface area contributed by atoms with E-state index in [4.69, 9.17) is 0 Å². The average molecular weight is 292 g/mol. The molecule has 0 aromatic carbocycles. The number of carbonyl (C=O) groups excluding carboxylic acids is 1. The first-order valence-electron chi connectivity index (χ1n) is 7.51. The lowest BCUT2D eigenvalue weighted by Crippen LogP contribution is -2.60. The molecule has 1 saturated carbocycles. The lowest BCUT2D eigenvalue weighted by Gasteiger charge is -2.41. The molecule has 0 radical (unpaired) electrons. The zero-order valence-electron chi connectivity index (χ0n) is 11.9. The van der Waals surface area contributed by atoms with Crippen LogP contribution in [0.2, 0.25) is 0 Å². The van der Waals surface area contributed by atoms with Gasteiger partial charge in [0.2, 0.25) is 5.91 Å². The summed E-state index contributed by atoms with van der Waals surface area (Å²) in [7, 11) is 0. The summed E-state index contributed by atoms with van der Waals surface area (Å²) in [6.45, 7) is 4.35. The highest BCUT2D eigenvalue weighted by molar-refractivity contribution is 5.79. The van der Waals surface area contributed by atoms with E-state index in [0.717, 1.165) is 19.5 Å². The summed E-state index contributed by atoms with van der Waals surface area (Å²) in [6.07, 6.45) is -2.26. The number of hydrogen-bond acceptors (Lipinski definition) is 2. The summed E-state index contributed by atoms with van der Waals surface area (Å²) in [4.78, 5) is 14.4. The Labute approximate surface area is 117 Å². The van der Waals surface area contributed by atoms with Gasteiger partial charge in [-0.1, -0.05) is 6.92 Å². The van der Waals surface area contributed by atoms with Crippen molar-refractivity contribution in [1.82, 2.24) is 10.2 Å². The predicted octanol–water partition coefficient (Wildman–Crippen LogP) is 2.57. The molecule has 1 aliphatic heterocycles. The van der Waals surface area contributed by atoms with Crippen molar-refractivity contribution in [2.45, 2.75) is 51.2 Å². The zero-order valence-corrected chi connectivity index (χ0v) is 11.9. The van der Waals surface area contributed by atoms with Crippen LogP contribution < -0.4 is 5.32 Å². The van der Waals surface area contributed by atoms with Gasteiger partial charge < -0.3 is 10.2 Å². The number of rotatable bonds is 4. The molecule has 1 heterocycles. The molecule has 2 rings (SSSR count). The van der Waals surface area contributed by atoms with Crippen LogP contribution in [0.1, 0.15) is 39.0 Å². The number of nitrogens with zero attached hydrogens (tertiary/aromatic N) is 1. The average Bonchev–Trinajstić information content (AvgIpc) is 2.34. The number of nitrogens with one attached hydrogen (secondary N) is 1. The topological polar surface area (TPSA) is 32.3 Å². The highest BCUT2D eigenvalue weighted by Gasteiger charge is 2.43. The summed E-state index contributed by atoms with van der Waals surface area (Å²) in [5.74, 6) is -1.35. The van der Waals surface area contributed by atoms with Crippen LogP contribution >= 0.6 is 0 Å². The van der Waals surface area contributed by atoms with Gasteiger partial charge in [0.1, 0.15) is 0 Å². The van der Waals surface area contributed by atoms with Crippen molar-refractivity contribution in [2.24, 2.45) is 11.8 Å². The molecule has 3 nitrogen and oxygen atoms in total. The maximum atomic E-state index is 12.6. The van der Waals surface area contributed by atoms with Crippen LogP contribution in [-0.4, -0.2) is 42.7 Å². The van der Waals surface area contributed by atoms with Gasteiger partial charge in [0.25, 0.3) is 0 Å². The van der Waals surface area contributed by atoms with Crippen LogP contribution in [0.5, 0.6) is 0 Å². The summed E-state index contributed by atoms with van der Waals surface area (Å²) in [5.41, 5.74) is 0. The van der Waals surface area contributed by atoms with E-state index in [1.807, 2.05) is 11.8 Å². The predicted molar refractivity (Wildman–Crippen MR) is 70.2 cm³/mol. The molecule has 1 amide bonds. The van der Waals surface area contributed by atoms with Gasteiger partial charge in [0.15, 0.2) is 0 Å². The van der Waals surface area contributed by atoms with Gasteiger partial charge in [-0.2, -0.15) is 13.2 Å². The number of amides is 1. The molecule has 0 bridgehead atoms. The summed E-state index contributed by atoms with van der Waals surface area (Å²) in [6, 6.07) is 0.239. The molecule has 1 aliphatic carbocycles. The Morgan fingerprint density at radius 2 is 1.80 bits per heavy atom. The minimum atomic E-state index is -4.10. The Morgan fingerprint density at radius 1 is 1.20 bits per heavy atom. The lowest BCUT2D eigenvalue weighted by molar-refractivity contribution is -0.185. The van der Waals surface area contributed by atoms with E-state index in [1.54, 1.807) is 0 Å². The third kappa shape index (κ3) is 3.45. The third-order valence-electron chi connectivity index (χ3n) is 4.49. The fourth-order valence-electron chi connectivity index (χ4n) is 3.11. The van der Waals surface area contributed by atoms with E-state index in [1.165, 1.54) is 0 Å². The molecule has 1 saturated heterocycles. The van der Waals surface area contributed by atoms with Crippen molar-refractivity contribution in [3.8, 4) is 0 Å². The highest BCUT2D eigenvalue weighted by Crippen LogP contribution is 2.40. The van der Waals surface area contributed by atoms with E-state index >= 15 is 0 Å². The van der Waals surface area contributed by atoms with Crippen LogP contribution in [-0.2, 0) is 4.79 Å². The molecule has 116 valence electrons. The zero-order chi connectivity index (χ0) is 14.8. The maximum absolute atomic E-state index is 12.6. The molecule has 2 fully saturated rings. The van der Waals surface area contributed by atoms with Crippen molar-refractivity contribution >= 4 is 5.91 Å². The molecule has 1 N–H and O–H groups in total. The second kappa shape index (κ2) is 6.33. The van der Waals surface area contributed by atoms with Gasteiger partial charge >= 0.3 is 6.18 Å². The van der Waals surface area contributed by atoms with E-state index in [-0.39, 0.29) is 30.7 Å². The quantitative estimate of drug-likeness (QED) is 0.863. The third-order valence-corrected chi connectivity index (χ3v) is 4.49. The number of halogens is 3. The SMILES string of the molecule is CCCN(C(=O)C1CCC(C(F)(F)F)CC1)C1CNC1. The Bertz CT molecular complexity index is 334. The normalized spacial score (nSPS) is 28.0. The number of hydrogen-bond donors (Lipinski definition) is 1. The molecule has 6 heteroatoms. The smallest absolute Gasteiger partial charge is 0.337 e. The van der Waals surface area contributed by atoms with Gasteiger partial charge in [0.05, 0.1) is 12.0 Å². The van der Waals surface area contributed by atoms with Gasteiger partial charge in [-0.25, -0.2) is 0 Å². The highest BCUT2D eigenvalue weighted by atomic mass is 19.4. The summed E-state index contributed by atoms with van der Waals surface area (Å²) < 4.78 is 37.9. The summed E-state index contributed by atoms with van der Waals surface area (Å²) in [5, 5.41) is 3.14. The van der Waals surface area contributed by atoms with Crippen LogP contribution in [0.25, 0.3) is 0 Å². The second-order valence-electron chi connectivity index (χ2n) is 5.93. The molecule has 0 atom stereocenters. The Kier molecular flexibility index (Phi) is 4.94. The van der Waals surface area contributed by atoms with E-state index in [9.17, 15) is 18.0 Å². The Balaban J connectivity index is 1.89. The van der Waals surface area contributed by atoms with Crippen molar-refractivity contribution in [2.75, 3.05) is 19.6 Å². The first-order valence-corrected chi connectivity index (χ1v) is 7.51. The molecule has 2 aliphatic rings. The minimum Gasteiger partial charge on any atom is -0.337 e. The van der Waals surface area contributed by atoms with E-state index in [2.05, 4.69) is 5.32 Å². The van der Waals surface area contributed by atoms with Gasteiger partial charge in [0, 0.05) is 25.6 Å². The van der Waals surface area contributed by atoms with Gasteiger partial charge in [-0.3, -0.25) is 4.79 Å². The minimum absolute atomic E-state index is 0.0685. The molecular formula is C14H23F3N2O. The number of carbonyl (C=O) groups is 1. The maximum Gasteiger partial charge on any atom is 0.391 e. The van der Waals surface area contributed by atoms with Crippen LogP contribution in [0, 0.1) is 11.8 Å². The molecule has 20 heavy (non-hydrogen) atoms. The first-order chi connectivity index (χ1) is 9.43. The Morgan fingerprint density at radius 3 is 2.20 bits per heavy atom. The standard InChI is InChI=1S/C14H23F3N2O/c1-2-7-19(12-8-18-9-12)13(20)10-3-5-11(6-4-10)14(15,16)17/h10-12,18H,2-9H2,1H3. The van der Waals surface area contributed by atoms with Crippen LogP contribution in [0.15, 0.2) is 0 Å². The van der Waals surface area contributed by atoms with Crippen LogP contribution in [0.4, 0.5) is 13.2 Å². The van der Waals surface area contributed by atoms with Gasteiger partial charge in [-0.05, 0) is 32.1 Å². The van der Waals surface area contributed by atoms with Crippen molar-refractivity contribution < 1.29 is 18.0 Å². The molecule has 0 aromatic rings. The first kappa shape index (κ1) is 15.6. The number of alkyl halides is 3. The van der Waals surface area contributed by atoms with Crippen molar-refractivity contribution in [1.29, 1.82) is 0 Å². The van der Waals surface area contributed by atoms with E-state index in [0.29, 0.717) is 19.4 Å². The Hall–Kier alpha value is -0.780. The van der Waals surface area contributed by atoms with Crippen molar-refractivity contribution in [3.05, 3.63) is 0 Å². The molecule has 0 aromatic heterocycles. The molecule has 0 spiro atoms.